The van der Waals surface area contributed by atoms with Crippen molar-refractivity contribution in [1.29, 1.82) is 0 Å². The SMILES string of the molecule is CC(=O)N1[C@@H]2c3ccc(-c4cccnc4)c(=O)n3C[C@@H]2[C@@H](CO)[C@@H]1C(=O)N1CCc2ccccc2C1. The van der Waals surface area contributed by atoms with Crippen LogP contribution in [0.15, 0.2) is 65.7 Å². The maximum Gasteiger partial charge on any atom is 0.258 e. The maximum absolute atomic E-state index is 13.9. The Kier molecular flexibility index (Phi) is 5.48. The Hall–Kier alpha value is -3.78. The number of likely N-dealkylation sites (tertiary alicyclic amines) is 1. The summed E-state index contributed by atoms with van der Waals surface area (Å²) in [6.07, 6.45) is 4.08. The molecule has 3 aliphatic rings. The van der Waals surface area contributed by atoms with Gasteiger partial charge in [0.25, 0.3) is 5.56 Å². The van der Waals surface area contributed by atoms with E-state index < -0.39 is 18.0 Å². The second-order valence-electron chi connectivity index (χ2n) is 9.93. The molecule has 0 saturated carbocycles. The number of aromatic nitrogens is 2. The molecule has 2 aromatic heterocycles. The molecule has 36 heavy (non-hydrogen) atoms. The molecule has 0 radical (unpaired) electrons. The van der Waals surface area contributed by atoms with Crippen molar-refractivity contribution in [3.05, 3.63) is 88.1 Å². The summed E-state index contributed by atoms with van der Waals surface area (Å²) in [7, 11) is 0. The summed E-state index contributed by atoms with van der Waals surface area (Å²) < 4.78 is 1.70. The normalized spacial score (nSPS) is 24.3. The second kappa shape index (κ2) is 8.71. The molecule has 0 bridgehead atoms. The lowest BCUT2D eigenvalue weighted by molar-refractivity contribution is -0.146. The van der Waals surface area contributed by atoms with E-state index in [0.717, 1.165) is 17.5 Å². The van der Waals surface area contributed by atoms with Gasteiger partial charge in [-0.3, -0.25) is 19.4 Å². The number of nitrogens with zero attached hydrogens (tertiary/aromatic N) is 4. The average molecular weight is 485 g/mol. The van der Waals surface area contributed by atoms with Crippen molar-refractivity contribution in [3.63, 3.8) is 0 Å². The van der Waals surface area contributed by atoms with Crippen molar-refractivity contribution in [1.82, 2.24) is 19.4 Å². The van der Waals surface area contributed by atoms with Crippen LogP contribution in [0.1, 0.15) is 29.8 Å². The summed E-state index contributed by atoms with van der Waals surface area (Å²) in [5.41, 5.74) is 4.20. The fourth-order valence-electron chi connectivity index (χ4n) is 6.44. The lowest BCUT2D eigenvalue weighted by Crippen LogP contribution is -2.52. The van der Waals surface area contributed by atoms with Gasteiger partial charge in [0.2, 0.25) is 11.8 Å². The van der Waals surface area contributed by atoms with Gasteiger partial charge in [-0.25, -0.2) is 0 Å². The molecule has 184 valence electrons. The molecule has 1 saturated heterocycles. The Morgan fingerprint density at radius 1 is 1.08 bits per heavy atom. The van der Waals surface area contributed by atoms with Crippen molar-refractivity contribution in [2.45, 2.75) is 38.5 Å². The molecule has 5 heterocycles. The summed E-state index contributed by atoms with van der Waals surface area (Å²) in [5.74, 6) is -1.03. The highest BCUT2D eigenvalue weighted by atomic mass is 16.3. The van der Waals surface area contributed by atoms with Gasteiger partial charge in [-0.15, -0.1) is 0 Å². The van der Waals surface area contributed by atoms with Gasteiger partial charge in [-0.1, -0.05) is 30.3 Å². The van der Waals surface area contributed by atoms with Crippen molar-refractivity contribution in [2.24, 2.45) is 11.8 Å². The molecule has 8 nitrogen and oxygen atoms in total. The molecule has 4 atom stereocenters. The van der Waals surface area contributed by atoms with Crippen molar-refractivity contribution in [3.8, 4) is 11.1 Å². The van der Waals surface area contributed by atoms with Crippen molar-refractivity contribution < 1.29 is 14.7 Å². The maximum atomic E-state index is 13.9. The molecule has 1 fully saturated rings. The van der Waals surface area contributed by atoms with Crippen LogP contribution in [0.4, 0.5) is 0 Å². The van der Waals surface area contributed by atoms with Gasteiger partial charge in [0, 0.05) is 74.2 Å². The summed E-state index contributed by atoms with van der Waals surface area (Å²) in [5, 5.41) is 10.5. The number of rotatable bonds is 3. The number of carbonyl (C=O) groups excluding carboxylic acids is 2. The van der Waals surface area contributed by atoms with E-state index in [9.17, 15) is 19.5 Å². The van der Waals surface area contributed by atoms with E-state index in [2.05, 4.69) is 11.1 Å². The lowest BCUT2D eigenvalue weighted by atomic mass is 9.87. The lowest BCUT2D eigenvalue weighted by Gasteiger charge is -2.36. The molecule has 0 spiro atoms. The summed E-state index contributed by atoms with van der Waals surface area (Å²) in [6.45, 7) is 2.66. The van der Waals surface area contributed by atoms with Crippen LogP contribution in [0.2, 0.25) is 0 Å². The summed E-state index contributed by atoms with van der Waals surface area (Å²) >= 11 is 0. The molecular formula is C28H28N4O4. The zero-order chi connectivity index (χ0) is 25.0. The molecular weight excluding hydrogens is 456 g/mol. The van der Waals surface area contributed by atoms with E-state index in [1.807, 2.05) is 35.2 Å². The van der Waals surface area contributed by atoms with Gasteiger partial charge in [0.1, 0.15) is 6.04 Å². The number of aliphatic hydroxyl groups excluding tert-OH is 1. The van der Waals surface area contributed by atoms with Crippen LogP contribution in [0.3, 0.4) is 0 Å². The predicted octanol–water partition coefficient (Wildman–Crippen LogP) is 2.01. The third-order valence-corrected chi connectivity index (χ3v) is 8.11. The number of pyridine rings is 2. The van der Waals surface area contributed by atoms with Crippen LogP contribution in [0, 0.1) is 11.8 Å². The van der Waals surface area contributed by atoms with Gasteiger partial charge >= 0.3 is 0 Å². The minimum Gasteiger partial charge on any atom is -0.396 e. The number of hydrogen-bond donors (Lipinski definition) is 1. The zero-order valence-electron chi connectivity index (χ0n) is 20.1. The van der Waals surface area contributed by atoms with Crippen LogP contribution in [-0.2, 0) is 29.1 Å². The van der Waals surface area contributed by atoms with E-state index >= 15 is 0 Å². The third-order valence-electron chi connectivity index (χ3n) is 8.11. The number of carbonyl (C=O) groups is 2. The molecule has 1 aromatic carbocycles. The summed E-state index contributed by atoms with van der Waals surface area (Å²) in [6, 6.07) is 14.2. The number of hydrogen-bond acceptors (Lipinski definition) is 5. The van der Waals surface area contributed by atoms with E-state index in [1.165, 1.54) is 12.5 Å². The van der Waals surface area contributed by atoms with E-state index in [4.69, 9.17) is 0 Å². The Balaban J connectivity index is 1.37. The number of fused-ring (bicyclic) bond motifs is 4. The standard InChI is InChI=1S/C28H28N4O4/c1-17(34)32-25-22(15-31-24(25)9-8-21(27(31)35)19-7-4-11-29-13-19)23(16-33)26(32)28(36)30-12-10-18-5-2-3-6-20(18)14-30/h2-9,11,13,22-23,25-26,33H,10,12,14-16H2,1H3/t22-,23-,25+,26-/m1/s1. The van der Waals surface area contributed by atoms with Crippen LogP contribution in [-0.4, -0.2) is 55.5 Å². The van der Waals surface area contributed by atoms with Crippen LogP contribution < -0.4 is 5.56 Å². The van der Waals surface area contributed by atoms with Gasteiger partial charge in [0.05, 0.1) is 6.04 Å². The number of amides is 2. The minimum absolute atomic E-state index is 0.131. The van der Waals surface area contributed by atoms with Crippen molar-refractivity contribution >= 4 is 11.8 Å². The first kappa shape index (κ1) is 22.7. The molecule has 3 aliphatic heterocycles. The van der Waals surface area contributed by atoms with Crippen LogP contribution >= 0.6 is 0 Å². The van der Waals surface area contributed by atoms with Crippen molar-refractivity contribution in [2.75, 3.05) is 13.2 Å². The van der Waals surface area contributed by atoms with E-state index in [0.29, 0.717) is 30.9 Å². The molecule has 3 aromatic rings. The molecule has 2 amide bonds. The second-order valence-corrected chi connectivity index (χ2v) is 9.93. The number of aliphatic hydroxyl groups is 1. The quantitative estimate of drug-likeness (QED) is 0.614. The molecule has 0 unspecified atom stereocenters. The molecule has 1 N–H and O–H groups in total. The van der Waals surface area contributed by atoms with Crippen LogP contribution in [0.25, 0.3) is 11.1 Å². The Labute approximate surface area is 208 Å². The average Bonchev–Trinajstić information content (AvgIpc) is 3.43. The fraction of sp³-hybridized carbons (Fsp3) is 0.357. The van der Waals surface area contributed by atoms with Crippen LogP contribution in [0.5, 0.6) is 0 Å². The topological polar surface area (TPSA) is 95.7 Å². The first-order valence-electron chi connectivity index (χ1n) is 12.4. The smallest absolute Gasteiger partial charge is 0.258 e. The highest BCUT2D eigenvalue weighted by molar-refractivity contribution is 5.88. The summed E-state index contributed by atoms with van der Waals surface area (Å²) in [4.78, 5) is 47.9. The Morgan fingerprint density at radius 3 is 2.61 bits per heavy atom. The largest absolute Gasteiger partial charge is 0.396 e. The van der Waals surface area contributed by atoms with Gasteiger partial charge in [0.15, 0.2) is 0 Å². The fourth-order valence-corrected chi connectivity index (χ4v) is 6.44. The molecule has 6 rings (SSSR count). The Bertz CT molecular complexity index is 1400. The predicted molar refractivity (Wildman–Crippen MR) is 133 cm³/mol. The van der Waals surface area contributed by atoms with E-state index in [1.54, 1.807) is 34.0 Å². The minimum atomic E-state index is -0.755. The zero-order valence-corrected chi connectivity index (χ0v) is 20.1. The number of benzene rings is 1. The third kappa shape index (κ3) is 3.39. The molecule has 8 heteroatoms. The van der Waals surface area contributed by atoms with E-state index in [-0.39, 0.29) is 29.9 Å². The first-order valence-corrected chi connectivity index (χ1v) is 12.4. The Morgan fingerprint density at radius 2 is 1.89 bits per heavy atom. The van der Waals surface area contributed by atoms with Gasteiger partial charge < -0.3 is 19.5 Å². The molecule has 0 aliphatic carbocycles. The highest BCUT2D eigenvalue weighted by Crippen LogP contribution is 2.49. The first-order chi connectivity index (χ1) is 17.5. The highest BCUT2D eigenvalue weighted by Gasteiger charge is 2.57. The van der Waals surface area contributed by atoms with Gasteiger partial charge in [-0.2, -0.15) is 0 Å². The van der Waals surface area contributed by atoms with Gasteiger partial charge in [-0.05, 0) is 35.7 Å². The monoisotopic (exact) mass is 484 g/mol.